The minimum absolute atomic E-state index is 0.0462. The number of methoxy groups -OCH3 is 1. The fourth-order valence-electron chi connectivity index (χ4n) is 1.92. The molecular formula is C15H16N4O4S. The number of ether oxygens (including phenoxy) is 1. The van der Waals surface area contributed by atoms with Gasteiger partial charge in [0.25, 0.3) is 5.69 Å². The van der Waals surface area contributed by atoms with Crippen LogP contribution in [0.15, 0.2) is 39.9 Å². The van der Waals surface area contributed by atoms with Crippen molar-refractivity contribution in [1.82, 2.24) is 10.7 Å². The monoisotopic (exact) mass is 348 g/mol. The smallest absolute Gasteiger partial charge is 0.270 e. The van der Waals surface area contributed by atoms with Gasteiger partial charge in [-0.05, 0) is 37.3 Å². The van der Waals surface area contributed by atoms with Gasteiger partial charge in [0, 0.05) is 18.7 Å². The van der Waals surface area contributed by atoms with Crippen LogP contribution in [0.1, 0.15) is 12.7 Å². The standard InChI is InChI=1S/C15H16N4O4S/c1-3-16-15(24)18-17-9-11-5-7-14(23-11)12-8-10(19(20)21)4-6-13(12)22-2/h4-9H,3H2,1-2H3,(H2,16,18,24)/b17-9-. The van der Waals surface area contributed by atoms with Crippen molar-refractivity contribution in [2.45, 2.75) is 6.92 Å². The lowest BCUT2D eigenvalue weighted by atomic mass is 10.1. The molecule has 1 heterocycles. The van der Waals surface area contributed by atoms with Gasteiger partial charge in [0.15, 0.2) is 5.11 Å². The summed E-state index contributed by atoms with van der Waals surface area (Å²) >= 11 is 4.97. The van der Waals surface area contributed by atoms with Gasteiger partial charge in [0.05, 0.1) is 23.8 Å². The number of hydrazone groups is 1. The van der Waals surface area contributed by atoms with Crippen LogP contribution >= 0.6 is 12.2 Å². The molecule has 0 saturated carbocycles. The first-order chi connectivity index (χ1) is 11.5. The van der Waals surface area contributed by atoms with Gasteiger partial charge in [-0.25, -0.2) is 0 Å². The third-order valence-electron chi connectivity index (χ3n) is 2.98. The van der Waals surface area contributed by atoms with E-state index in [9.17, 15) is 10.1 Å². The highest BCUT2D eigenvalue weighted by Gasteiger charge is 2.15. The summed E-state index contributed by atoms with van der Waals surface area (Å²) in [6.45, 7) is 2.61. The van der Waals surface area contributed by atoms with E-state index < -0.39 is 4.92 Å². The van der Waals surface area contributed by atoms with Gasteiger partial charge >= 0.3 is 0 Å². The fraction of sp³-hybridized carbons (Fsp3) is 0.200. The number of nitro groups is 1. The van der Waals surface area contributed by atoms with Crippen LogP contribution in [0.4, 0.5) is 5.69 Å². The van der Waals surface area contributed by atoms with Crippen molar-refractivity contribution in [1.29, 1.82) is 0 Å². The highest BCUT2D eigenvalue weighted by Crippen LogP contribution is 2.34. The second kappa shape index (κ2) is 8.06. The van der Waals surface area contributed by atoms with Crippen molar-refractivity contribution in [2.24, 2.45) is 5.10 Å². The highest BCUT2D eigenvalue weighted by atomic mass is 32.1. The van der Waals surface area contributed by atoms with Crippen molar-refractivity contribution in [3.05, 3.63) is 46.2 Å². The molecule has 1 aromatic heterocycles. The Morgan fingerprint density at radius 1 is 1.46 bits per heavy atom. The number of nitrogens with zero attached hydrogens (tertiary/aromatic N) is 2. The molecule has 0 atom stereocenters. The number of benzene rings is 1. The van der Waals surface area contributed by atoms with Gasteiger partial charge in [0.2, 0.25) is 0 Å². The van der Waals surface area contributed by atoms with E-state index >= 15 is 0 Å². The number of non-ortho nitro benzene ring substituents is 1. The molecular weight excluding hydrogens is 332 g/mol. The van der Waals surface area contributed by atoms with Crippen molar-refractivity contribution in [2.75, 3.05) is 13.7 Å². The van der Waals surface area contributed by atoms with E-state index in [0.717, 1.165) is 0 Å². The lowest BCUT2D eigenvalue weighted by molar-refractivity contribution is -0.384. The number of hydrogen-bond donors (Lipinski definition) is 2. The maximum absolute atomic E-state index is 10.9. The van der Waals surface area contributed by atoms with Crippen LogP contribution in [0.2, 0.25) is 0 Å². The van der Waals surface area contributed by atoms with Gasteiger partial charge in [-0.3, -0.25) is 15.5 Å². The minimum atomic E-state index is -0.472. The predicted octanol–water partition coefficient (Wildman–Crippen LogP) is 2.68. The molecule has 9 heteroatoms. The van der Waals surface area contributed by atoms with Crippen molar-refractivity contribution in [3.8, 4) is 17.1 Å². The van der Waals surface area contributed by atoms with Crippen molar-refractivity contribution < 1.29 is 14.1 Å². The van der Waals surface area contributed by atoms with E-state index in [1.807, 2.05) is 6.92 Å². The van der Waals surface area contributed by atoms with Crippen LogP contribution in [0.3, 0.4) is 0 Å². The normalized spacial score (nSPS) is 10.6. The summed E-state index contributed by atoms with van der Waals surface area (Å²) in [5, 5.41) is 18.2. The van der Waals surface area contributed by atoms with Gasteiger partial charge in [-0.2, -0.15) is 5.10 Å². The van der Waals surface area contributed by atoms with Crippen LogP contribution in [0.5, 0.6) is 5.75 Å². The molecule has 2 N–H and O–H groups in total. The van der Waals surface area contributed by atoms with E-state index in [2.05, 4.69) is 15.8 Å². The second-order valence-corrected chi connectivity index (χ2v) is 4.98. The average Bonchev–Trinajstić information content (AvgIpc) is 3.03. The fourth-order valence-corrected chi connectivity index (χ4v) is 2.12. The number of nitrogens with one attached hydrogen (secondary N) is 2. The zero-order valence-electron chi connectivity index (χ0n) is 13.1. The summed E-state index contributed by atoms with van der Waals surface area (Å²) in [6.07, 6.45) is 1.46. The first kappa shape index (κ1) is 17.4. The maximum Gasteiger partial charge on any atom is 0.270 e. The van der Waals surface area contributed by atoms with E-state index in [1.54, 1.807) is 12.1 Å². The Morgan fingerprint density at radius 3 is 2.92 bits per heavy atom. The number of furan rings is 1. The van der Waals surface area contributed by atoms with Gasteiger partial charge in [-0.1, -0.05) is 0 Å². The lowest BCUT2D eigenvalue weighted by Crippen LogP contribution is -2.31. The summed E-state index contributed by atoms with van der Waals surface area (Å²) in [4.78, 5) is 10.5. The largest absolute Gasteiger partial charge is 0.496 e. The zero-order chi connectivity index (χ0) is 17.5. The molecule has 0 radical (unpaired) electrons. The number of thiocarbonyl (C=S) groups is 1. The number of hydrogen-bond acceptors (Lipinski definition) is 6. The number of rotatable bonds is 6. The molecule has 0 spiro atoms. The van der Waals surface area contributed by atoms with Crippen LogP contribution < -0.4 is 15.5 Å². The molecule has 0 aliphatic heterocycles. The van der Waals surface area contributed by atoms with E-state index in [1.165, 1.54) is 31.5 Å². The van der Waals surface area contributed by atoms with E-state index in [4.69, 9.17) is 21.4 Å². The minimum Gasteiger partial charge on any atom is -0.496 e. The molecule has 24 heavy (non-hydrogen) atoms. The SMILES string of the molecule is CCNC(=S)N/N=C\c1ccc(-c2cc([N+](=O)[O-])ccc2OC)o1. The summed E-state index contributed by atoms with van der Waals surface area (Å²) in [7, 11) is 1.49. The second-order valence-electron chi connectivity index (χ2n) is 4.57. The van der Waals surface area contributed by atoms with Gasteiger partial charge in [0.1, 0.15) is 17.3 Å². The number of nitro benzene ring substituents is 1. The molecule has 8 nitrogen and oxygen atoms in total. The first-order valence-electron chi connectivity index (χ1n) is 7.04. The Bertz CT molecular complexity index is 773. The Hall–Kier alpha value is -2.94. The zero-order valence-corrected chi connectivity index (χ0v) is 13.9. The molecule has 0 saturated heterocycles. The van der Waals surface area contributed by atoms with Gasteiger partial charge < -0.3 is 14.5 Å². The molecule has 0 bridgehead atoms. The molecule has 1 aromatic carbocycles. The lowest BCUT2D eigenvalue weighted by Gasteiger charge is -2.05. The summed E-state index contributed by atoms with van der Waals surface area (Å²) in [5.74, 6) is 1.38. The molecule has 0 amide bonds. The molecule has 2 rings (SSSR count). The van der Waals surface area contributed by atoms with E-state index in [-0.39, 0.29) is 5.69 Å². The van der Waals surface area contributed by atoms with Crippen LogP contribution in [-0.2, 0) is 0 Å². The molecule has 126 valence electrons. The first-order valence-corrected chi connectivity index (χ1v) is 7.45. The predicted molar refractivity (Wildman–Crippen MR) is 94.4 cm³/mol. The van der Waals surface area contributed by atoms with E-state index in [0.29, 0.717) is 34.5 Å². The van der Waals surface area contributed by atoms with Crippen LogP contribution in [-0.4, -0.2) is 29.9 Å². The van der Waals surface area contributed by atoms with Crippen molar-refractivity contribution in [3.63, 3.8) is 0 Å². The summed E-state index contributed by atoms with van der Waals surface area (Å²) in [5.41, 5.74) is 3.09. The average molecular weight is 348 g/mol. The molecule has 0 unspecified atom stereocenters. The maximum atomic E-state index is 10.9. The molecule has 0 fully saturated rings. The Balaban J connectivity index is 2.21. The Labute approximate surface area is 143 Å². The third kappa shape index (κ3) is 4.29. The molecule has 0 aliphatic rings. The van der Waals surface area contributed by atoms with Crippen LogP contribution in [0.25, 0.3) is 11.3 Å². The highest BCUT2D eigenvalue weighted by molar-refractivity contribution is 7.80. The third-order valence-corrected chi connectivity index (χ3v) is 3.22. The molecule has 2 aromatic rings. The Kier molecular flexibility index (Phi) is 5.85. The van der Waals surface area contributed by atoms with Crippen LogP contribution in [0, 0.1) is 10.1 Å². The summed E-state index contributed by atoms with van der Waals surface area (Å²) in [6, 6.07) is 7.68. The van der Waals surface area contributed by atoms with Crippen molar-refractivity contribution >= 4 is 29.2 Å². The summed E-state index contributed by atoms with van der Waals surface area (Å²) < 4.78 is 10.9. The quantitative estimate of drug-likeness (QED) is 0.358. The molecule has 0 aliphatic carbocycles. The Morgan fingerprint density at radius 2 is 2.25 bits per heavy atom. The van der Waals surface area contributed by atoms with Gasteiger partial charge in [-0.15, -0.1) is 0 Å². The topological polar surface area (TPSA) is 102 Å².